The molecule has 31 heavy (non-hydrogen) atoms. The number of carboxylic acid groups (broad SMARTS) is 1. The highest BCUT2D eigenvalue weighted by molar-refractivity contribution is 7.15. The van der Waals surface area contributed by atoms with Gasteiger partial charge in [-0.1, -0.05) is 30.3 Å². The number of rotatable bonds is 6. The number of thiophene rings is 1. The number of aryl methyl sites for hydroxylation is 3. The fourth-order valence-corrected chi connectivity index (χ4v) is 5.08. The van der Waals surface area contributed by atoms with E-state index < -0.39 is 12.0 Å². The Hall–Kier alpha value is -3.26. The van der Waals surface area contributed by atoms with E-state index in [0.717, 1.165) is 46.1 Å². The monoisotopic (exact) mass is 435 g/mol. The van der Waals surface area contributed by atoms with Crippen LogP contribution in [0.15, 0.2) is 41.5 Å². The Morgan fingerprint density at radius 3 is 2.65 bits per heavy atom. The van der Waals surface area contributed by atoms with Crippen LogP contribution in [0.4, 0.5) is 0 Å². The number of fused-ring (bicyclic) bond motifs is 3. The van der Waals surface area contributed by atoms with Gasteiger partial charge in [-0.05, 0) is 50.9 Å². The lowest BCUT2D eigenvalue weighted by molar-refractivity contribution is -0.137. The second-order valence-electron chi connectivity index (χ2n) is 7.66. The smallest absolute Gasteiger partial charge is 0.306 e. The summed E-state index contributed by atoms with van der Waals surface area (Å²) in [6, 6.07) is 7.71. The highest BCUT2D eigenvalue weighted by atomic mass is 32.1. The third kappa shape index (κ3) is 3.90. The highest BCUT2D eigenvalue weighted by Crippen LogP contribution is 2.39. The minimum absolute atomic E-state index is 0.141. The van der Waals surface area contributed by atoms with E-state index in [1.54, 1.807) is 17.5 Å². The molecule has 3 aromatic rings. The van der Waals surface area contributed by atoms with Crippen molar-refractivity contribution >= 4 is 23.0 Å². The van der Waals surface area contributed by atoms with Gasteiger partial charge in [-0.3, -0.25) is 14.4 Å². The Bertz CT molecular complexity index is 1190. The first-order valence-electron chi connectivity index (χ1n) is 10.2. The largest absolute Gasteiger partial charge is 0.481 e. The molecule has 0 aliphatic carbocycles. The number of aliphatic imine (C=N–C) groups is 1. The first-order valence-corrected chi connectivity index (χ1v) is 11.0. The molecule has 1 aliphatic heterocycles. The van der Waals surface area contributed by atoms with Crippen molar-refractivity contribution in [3.8, 4) is 5.00 Å². The van der Waals surface area contributed by atoms with Crippen LogP contribution in [0.25, 0.3) is 5.00 Å². The van der Waals surface area contributed by atoms with Gasteiger partial charge in [0.25, 0.3) is 0 Å². The maximum Gasteiger partial charge on any atom is 0.306 e. The zero-order valence-corrected chi connectivity index (χ0v) is 18.6. The molecule has 3 heterocycles. The zero-order valence-electron chi connectivity index (χ0n) is 17.8. The molecule has 0 unspecified atom stereocenters. The van der Waals surface area contributed by atoms with Crippen molar-refractivity contribution in [3.63, 3.8) is 0 Å². The Kier molecular flexibility index (Phi) is 5.73. The summed E-state index contributed by atoms with van der Waals surface area (Å²) < 4.78 is 1.97. The van der Waals surface area contributed by atoms with Crippen LogP contribution >= 0.6 is 11.3 Å². The summed E-state index contributed by atoms with van der Waals surface area (Å²) in [5.74, 6) is 0.386. The molecule has 0 fully saturated rings. The van der Waals surface area contributed by atoms with Crippen molar-refractivity contribution < 1.29 is 9.90 Å². The van der Waals surface area contributed by atoms with Gasteiger partial charge in [-0.15, -0.1) is 21.5 Å². The first kappa shape index (κ1) is 21.0. The lowest BCUT2D eigenvalue weighted by atomic mass is 9.98. The molecule has 1 aliphatic rings. The number of carboxylic acids is 1. The lowest BCUT2D eigenvalue weighted by Crippen LogP contribution is -2.10. The van der Waals surface area contributed by atoms with Crippen molar-refractivity contribution in [2.75, 3.05) is 0 Å². The van der Waals surface area contributed by atoms with Gasteiger partial charge in [0.1, 0.15) is 16.9 Å². The van der Waals surface area contributed by atoms with E-state index in [1.807, 2.05) is 17.6 Å². The maximum atomic E-state index is 11.6. The first-order chi connectivity index (χ1) is 14.9. The van der Waals surface area contributed by atoms with Crippen LogP contribution in [-0.2, 0) is 11.2 Å². The minimum Gasteiger partial charge on any atom is -0.481 e. The summed E-state index contributed by atoms with van der Waals surface area (Å²) in [6.07, 6.45) is 5.17. The standard InChI is InChI=1S/C23H25N5O2S/c1-13-14(2)31-23-20(13)21(17-9-7-16(8-10-17)6-4-5-11-24)25-18(12-19(29)30)22-27-26-15(3)28(22)23/h5,7-11,18H,4,6,12,24H2,1-3H3,(H,29,30)/t18-/m1/s1. The van der Waals surface area contributed by atoms with E-state index in [-0.39, 0.29) is 6.42 Å². The lowest BCUT2D eigenvalue weighted by Gasteiger charge is -2.11. The zero-order chi connectivity index (χ0) is 22.1. The molecule has 0 amide bonds. The molecule has 4 rings (SSSR count). The molecule has 0 spiro atoms. The second kappa shape index (κ2) is 8.47. The summed E-state index contributed by atoms with van der Waals surface area (Å²) >= 11 is 1.66. The van der Waals surface area contributed by atoms with Gasteiger partial charge in [0, 0.05) is 16.0 Å². The summed E-state index contributed by atoms with van der Waals surface area (Å²) in [6.45, 7) is 6.07. The van der Waals surface area contributed by atoms with Gasteiger partial charge < -0.3 is 10.8 Å². The normalized spacial score (nSPS) is 15.5. The number of nitrogens with zero attached hydrogens (tertiary/aromatic N) is 4. The van der Waals surface area contributed by atoms with Crippen LogP contribution in [0.3, 0.4) is 0 Å². The van der Waals surface area contributed by atoms with Gasteiger partial charge in [-0.25, -0.2) is 0 Å². The van der Waals surface area contributed by atoms with Gasteiger partial charge in [-0.2, -0.15) is 0 Å². The minimum atomic E-state index is -0.915. The van der Waals surface area contributed by atoms with E-state index in [0.29, 0.717) is 5.82 Å². The van der Waals surface area contributed by atoms with Crippen molar-refractivity contribution in [1.82, 2.24) is 14.8 Å². The number of aliphatic carboxylic acids is 1. The molecular formula is C23H25N5O2S. The molecule has 0 saturated heterocycles. The number of benzene rings is 1. The van der Waals surface area contributed by atoms with E-state index in [2.05, 4.69) is 48.3 Å². The molecule has 2 aromatic heterocycles. The van der Waals surface area contributed by atoms with Crippen LogP contribution in [0.5, 0.6) is 0 Å². The molecule has 7 nitrogen and oxygen atoms in total. The Morgan fingerprint density at radius 2 is 1.97 bits per heavy atom. The molecule has 0 radical (unpaired) electrons. The molecule has 3 N–H and O–H groups in total. The fourth-order valence-electron chi connectivity index (χ4n) is 3.87. The van der Waals surface area contributed by atoms with Crippen LogP contribution in [-0.4, -0.2) is 31.6 Å². The van der Waals surface area contributed by atoms with Crippen LogP contribution < -0.4 is 5.73 Å². The average Bonchev–Trinajstić information content (AvgIpc) is 3.21. The number of hydrogen-bond acceptors (Lipinski definition) is 6. The molecule has 1 aromatic carbocycles. The Morgan fingerprint density at radius 1 is 1.23 bits per heavy atom. The van der Waals surface area contributed by atoms with Crippen LogP contribution in [0.1, 0.15) is 57.7 Å². The highest BCUT2D eigenvalue weighted by Gasteiger charge is 2.32. The number of nitrogens with two attached hydrogens (primary N) is 1. The van der Waals surface area contributed by atoms with Gasteiger partial charge in [0.15, 0.2) is 5.82 Å². The summed E-state index contributed by atoms with van der Waals surface area (Å²) in [5, 5.41) is 19.0. The van der Waals surface area contributed by atoms with Crippen molar-refractivity contribution in [3.05, 3.63) is 75.3 Å². The van der Waals surface area contributed by atoms with Gasteiger partial charge >= 0.3 is 5.97 Å². The molecule has 0 bridgehead atoms. The average molecular weight is 436 g/mol. The third-order valence-corrected chi connectivity index (χ3v) is 6.76. The van der Waals surface area contributed by atoms with Crippen molar-refractivity contribution in [2.24, 2.45) is 10.7 Å². The van der Waals surface area contributed by atoms with E-state index in [4.69, 9.17) is 10.7 Å². The predicted octanol–water partition coefficient (Wildman–Crippen LogP) is 4.03. The van der Waals surface area contributed by atoms with Crippen LogP contribution in [0.2, 0.25) is 0 Å². The van der Waals surface area contributed by atoms with Gasteiger partial charge in [0.05, 0.1) is 12.1 Å². The SMILES string of the molecule is Cc1sc2c(c1C)C(c1ccc(CCC=CN)cc1)=N[C@H](CC(=O)O)c1nnc(C)n1-2. The van der Waals surface area contributed by atoms with Crippen LogP contribution in [0, 0.1) is 20.8 Å². The second-order valence-corrected chi connectivity index (χ2v) is 8.86. The van der Waals surface area contributed by atoms with Crippen molar-refractivity contribution in [1.29, 1.82) is 0 Å². The molecule has 1 atom stereocenters. The Balaban J connectivity index is 1.86. The molecular weight excluding hydrogens is 410 g/mol. The predicted molar refractivity (Wildman–Crippen MR) is 122 cm³/mol. The van der Waals surface area contributed by atoms with E-state index in [1.165, 1.54) is 10.4 Å². The molecule has 8 heteroatoms. The van der Waals surface area contributed by atoms with E-state index >= 15 is 0 Å². The maximum absolute atomic E-state index is 11.6. The number of hydrogen-bond donors (Lipinski definition) is 2. The number of carbonyl (C=O) groups is 1. The number of aromatic nitrogens is 3. The van der Waals surface area contributed by atoms with E-state index in [9.17, 15) is 9.90 Å². The molecule has 160 valence electrons. The number of allylic oxidation sites excluding steroid dienone is 1. The summed E-state index contributed by atoms with van der Waals surface area (Å²) in [5.41, 5.74) is 10.6. The fraction of sp³-hybridized carbons (Fsp3) is 0.304. The van der Waals surface area contributed by atoms with Crippen molar-refractivity contribution in [2.45, 2.75) is 46.1 Å². The Labute approximate surface area is 185 Å². The third-order valence-electron chi connectivity index (χ3n) is 5.57. The molecule has 0 saturated carbocycles. The topological polar surface area (TPSA) is 106 Å². The quantitative estimate of drug-likeness (QED) is 0.608. The summed E-state index contributed by atoms with van der Waals surface area (Å²) in [7, 11) is 0. The summed E-state index contributed by atoms with van der Waals surface area (Å²) in [4.78, 5) is 17.7. The van der Waals surface area contributed by atoms with Gasteiger partial charge in [0.2, 0.25) is 0 Å².